The van der Waals surface area contributed by atoms with E-state index in [0.717, 1.165) is 51.5 Å². The maximum Gasteiger partial charge on any atom is 0.0991 e. The highest BCUT2D eigenvalue weighted by molar-refractivity contribution is 5.39. The molecule has 0 unspecified atom stereocenters. The van der Waals surface area contributed by atoms with Gasteiger partial charge in [-0.05, 0) is 36.2 Å². The van der Waals surface area contributed by atoms with Crippen LogP contribution in [0.15, 0.2) is 18.2 Å². The fraction of sp³-hybridized carbons (Fsp3) is 0.562. The van der Waals surface area contributed by atoms with Crippen LogP contribution in [0.1, 0.15) is 23.1 Å². The Morgan fingerprint density at radius 1 is 1.05 bits per heavy atom. The summed E-state index contributed by atoms with van der Waals surface area (Å²) in [6, 6.07) is 8.29. The van der Waals surface area contributed by atoms with E-state index in [4.69, 9.17) is 10.00 Å². The maximum atomic E-state index is 8.94. The molecule has 2 aliphatic heterocycles. The highest BCUT2D eigenvalue weighted by Crippen LogP contribution is 2.23. The minimum absolute atomic E-state index is 0.777. The van der Waals surface area contributed by atoms with Gasteiger partial charge in [0.25, 0.3) is 0 Å². The fourth-order valence-corrected chi connectivity index (χ4v) is 3.04. The minimum atomic E-state index is 0.777. The highest BCUT2D eigenvalue weighted by atomic mass is 16.5. The van der Waals surface area contributed by atoms with Crippen molar-refractivity contribution in [2.75, 3.05) is 39.4 Å². The van der Waals surface area contributed by atoms with Crippen molar-refractivity contribution in [1.29, 1.82) is 5.26 Å². The van der Waals surface area contributed by atoms with Crippen LogP contribution >= 0.6 is 0 Å². The molecule has 0 amide bonds. The van der Waals surface area contributed by atoms with Gasteiger partial charge in [-0.15, -0.1) is 0 Å². The van der Waals surface area contributed by atoms with Crippen molar-refractivity contribution in [3.05, 3.63) is 34.9 Å². The molecule has 0 N–H and O–H groups in total. The molecule has 0 radical (unpaired) electrons. The summed E-state index contributed by atoms with van der Waals surface area (Å²) < 4.78 is 5.37. The van der Waals surface area contributed by atoms with Crippen molar-refractivity contribution < 1.29 is 4.74 Å². The number of morpholine rings is 1. The first kappa shape index (κ1) is 13.6. The number of hydrogen-bond donors (Lipinski definition) is 0. The van der Waals surface area contributed by atoms with Gasteiger partial charge < -0.3 is 4.74 Å². The van der Waals surface area contributed by atoms with Gasteiger partial charge in [0, 0.05) is 32.7 Å². The van der Waals surface area contributed by atoms with E-state index in [2.05, 4.69) is 21.9 Å². The summed E-state index contributed by atoms with van der Waals surface area (Å²) in [4.78, 5) is 4.97. The van der Waals surface area contributed by atoms with Crippen molar-refractivity contribution in [2.45, 2.75) is 19.5 Å². The standard InChI is InChI=1S/C16H21N3O/c17-11-14-2-3-15-12-19(13-16(15)10-14)5-1-4-18-6-8-20-9-7-18/h2-3,10H,1,4-9,12-13H2. The number of ether oxygens (including phenoxy) is 1. The van der Waals surface area contributed by atoms with Crippen molar-refractivity contribution in [1.82, 2.24) is 9.80 Å². The molecular weight excluding hydrogens is 250 g/mol. The summed E-state index contributed by atoms with van der Waals surface area (Å²) in [6.07, 6.45) is 1.21. The molecule has 0 spiro atoms. The zero-order valence-electron chi connectivity index (χ0n) is 11.8. The van der Waals surface area contributed by atoms with Crippen LogP contribution in [0.5, 0.6) is 0 Å². The minimum Gasteiger partial charge on any atom is -0.379 e. The van der Waals surface area contributed by atoms with Gasteiger partial charge in [0.15, 0.2) is 0 Å². The second kappa shape index (κ2) is 6.36. The largest absolute Gasteiger partial charge is 0.379 e. The molecule has 1 fully saturated rings. The van der Waals surface area contributed by atoms with E-state index < -0.39 is 0 Å². The predicted octanol–water partition coefficient (Wildman–Crippen LogP) is 1.60. The van der Waals surface area contributed by atoms with Crippen LogP contribution in [-0.2, 0) is 17.8 Å². The molecule has 3 rings (SSSR count). The van der Waals surface area contributed by atoms with Gasteiger partial charge in [-0.2, -0.15) is 5.26 Å². The van der Waals surface area contributed by atoms with Gasteiger partial charge >= 0.3 is 0 Å². The zero-order valence-corrected chi connectivity index (χ0v) is 11.8. The topological polar surface area (TPSA) is 39.5 Å². The quantitative estimate of drug-likeness (QED) is 0.834. The first-order chi connectivity index (χ1) is 9.85. The van der Waals surface area contributed by atoms with E-state index >= 15 is 0 Å². The third kappa shape index (κ3) is 3.18. The Hall–Kier alpha value is -1.41. The molecule has 0 bridgehead atoms. The van der Waals surface area contributed by atoms with E-state index in [1.165, 1.54) is 24.1 Å². The van der Waals surface area contributed by atoms with Crippen molar-refractivity contribution in [2.24, 2.45) is 0 Å². The molecule has 1 saturated heterocycles. The van der Waals surface area contributed by atoms with E-state index in [0.29, 0.717) is 0 Å². The Morgan fingerprint density at radius 2 is 1.80 bits per heavy atom. The summed E-state index contributed by atoms with van der Waals surface area (Å²) in [5.41, 5.74) is 3.49. The van der Waals surface area contributed by atoms with Crippen LogP contribution in [0, 0.1) is 11.3 Å². The molecule has 1 aromatic carbocycles. The lowest BCUT2D eigenvalue weighted by Crippen LogP contribution is -2.37. The van der Waals surface area contributed by atoms with Gasteiger partial charge in [-0.25, -0.2) is 0 Å². The van der Waals surface area contributed by atoms with E-state index in [9.17, 15) is 0 Å². The van der Waals surface area contributed by atoms with Gasteiger partial charge in [0.05, 0.1) is 24.8 Å². The number of nitrogens with zero attached hydrogens (tertiary/aromatic N) is 3. The van der Waals surface area contributed by atoms with Crippen LogP contribution in [0.25, 0.3) is 0 Å². The van der Waals surface area contributed by atoms with E-state index in [1.54, 1.807) is 0 Å². The second-order valence-corrected chi connectivity index (χ2v) is 5.61. The molecule has 20 heavy (non-hydrogen) atoms. The Balaban J connectivity index is 1.45. The lowest BCUT2D eigenvalue weighted by molar-refractivity contribution is 0.0360. The predicted molar refractivity (Wildman–Crippen MR) is 77.1 cm³/mol. The molecule has 0 atom stereocenters. The number of benzene rings is 1. The molecule has 2 aliphatic rings. The fourth-order valence-electron chi connectivity index (χ4n) is 3.04. The average molecular weight is 271 g/mol. The summed E-state index contributed by atoms with van der Waals surface area (Å²) in [5.74, 6) is 0. The van der Waals surface area contributed by atoms with Crippen LogP contribution in [0.4, 0.5) is 0 Å². The smallest absolute Gasteiger partial charge is 0.0991 e. The molecule has 4 heteroatoms. The lowest BCUT2D eigenvalue weighted by Gasteiger charge is -2.27. The van der Waals surface area contributed by atoms with E-state index in [1.807, 2.05) is 12.1 Å². The Morgan fingerprint density at radius 3 is 2.60 bits per heavy atom. The van der Waals surface area contributed by atoms with Crippen LogP contribution in [-0.4, -0.2) is 49.2 Å². The SMILES string of the molecule is N#Cc1ccc2c(c1)CN(CCCN1CCOCC1)C2. The number of nitriles is 1. The Kier molecular flexibility index (Phi) is 4.31. The first-order valence-corrected chi connectivity index (χ1v) is 7.39. The van der Waals surface area contributed by atoms with Crippen LogP contribution < -0.4 is 0 Å². The van der Waals surface area contributed by atoms with Crippen LogP contribution in [0.2, 0.25) is 0 Å². The average Bonchev–Trinajstić information content (AvgIpc) is 2.90. The summed E-state index contributed by atoms with van der Waals surface area (Å²) in [7, 11) is 0. The maximum absolute atomic E-state index is 8.94. The second-order valence-electron chi connectivity index (χ2n) is 5.61. The summed E-state index contributed by atoms with van der Waals surface area (Å²) in [6.45, 7) is 8.24. The summed E-state index contributed by atoms with van der Waals surface area (Å²) in [5, 5.41) is 8.94. The molecule has 0 aromatic heterocycles. The number of hydrogen-bond acceptors (Lipinski definition) is 4. The van der Waals surface area contributed by atoms with E-state index in [-0.39, 0.29) is 0 Å². The van der Waals surface area contributed by atoms with Crippen molar-refractivity contribution in [3.63, 3.8) is 0 Å². The molecule has 106 valence electrons. The lowest BCUT2D eigenvalue weighted by atomic mass is 10.1. The zero-order chi connectivity index (χ0) is 13.8. The van der Waals surface area contributed by atoms with Gasteiger partial charge in [-0.1, -0.05) is 6.07 Å². The Labute approximate surface area is 120 Å². The molecule has 2 heterocycles. The highest BCUT2D eigenvalue weighted by Gasteiger charge is 2.19. The molecule has 1 aromatic rings. The van der Waals surface area contributed by atoms with Gasteiger partial charge in [-0.3, -0.25) is 9.80 Å². The van der Waals surface area contributed by atoms with Crippen molar-refractivity contribution in [3.8, 4) is 6.07 Å². The first-order valence-electron chi connectivity index (χ1n) is 7.39. The van der Waals surface area contributed by atoms with Gasteiger partial charge in [0.1, 0.15) is 0 Å². The molecule has 0 saturated carbocycles. The molecule has 0 aliphatic carbocycles. The van der Waals surface area contributed by atoms with Crippen LogP contribution in [0.3, 0.4) is 0 Å². The monoisotopic (exact) mass is 271 g/mol. The normalized spacial score (nSPS) is 19.8. The molecule has 4 nitrogen and oxygen atoms in total. The third-order valence-electron chi connectivity index (χ3n) is 4.18. The van der Waals surface area contributed by atoms with Crippen molar-refractivity contribution >= 4 is 0 Å². The Bertz CT molecular complexity index is 503. The number of rotatable bonds is 4. The molecular formula is C16H21N3O. The summed E-state index contributed by atoms with van der Waals surface area (Å²) >= 11 is 0. The number of fused-ring (bicyclic) bond motifs is 1. The third-order valence-corrected chi connectivity index (χ3v) is 4.18. The van der Waals surface area contributed by atoms with Gasteiger partial charge in [0.2, 0.25) is 0 Å².